The minimum absolute atomic E-state index is 0.126. The summed E-state index contributed by atoms with van der Waals surface area (Å²) < 4.78 is 26.5. The van der Waals surface area contributed by atoms with Gasteiger partial charge in [0.1, 0.15) is 12.4 Å². The van der Waals surface area contributed by atoms with Crippen LogP contribution in [-0.4, -0.2) is 52.6 Å². The molecule has 1 amide bonds. The third-order valence-electron chi connectivity index (χ3n) is 8.35. The molecule has 4 aromatic rings. The number of aromatic nitrogens is 2. The number of benzene rings is 3. The van der Waals surface area contributed by atoms with Gasteiger partial charge in [-0.3, -0.25) is 9.00 Å². The van der Waals surface area contributed by atoms with Gasteiger partial charge in [0.25, 0.3) is 5.91 Å². The molecular formula is C39H48N4O4S. The molecule has 8 nitrogen and oxygen atoms in total. The Hall–Kier alpha value is -4.21. The van der Waals surface area contributed by atoms with Crippen molar-refractivity contribution in [3.8, 4) is 16.9 Å². The van der Waals surface area contributed by atoms with Gasteiger partial charge >= 0.3 is 0 Å². The second-order valence-electron chi connectivity index (χ2n) is 12.5. The number of anilines is 2. The Morgan fingerprint density at radius 1 is 0.979 bits per heavy atom. The molecule has 1 aliphatic heterocycles. The molecule has 1 atom stereocenters. The van der Waals surface area contributed by atoms with Crippen LogP contribution in [0.2, 0.25) is 0 Å². The molecular weight excluding hydrogens is 621 g/mol. The molecule has 2 heterocycles. The zero-order valence-electron chi connectivity index (χ0n) is 28.6. The Morgan fingerprint density at radius 2 is 1.75 bits per heavy atom. The zero-order chi connectivity index (χ0) is 33.9. The molecule has 0 spiro atoms. The highest BCUT2D eigenvalue weighted by Crippen LogP contribution is 2.34. The molecule has 3 aromatic carbocycles. The topological polar surface area (TPSA) is 85.7 Å². The number of carbonyl (C=O) groups is 1. The number of fused-ring (bicyclic) bond motifs is 1. The fraction of sp³-hybridized carbons (Fsp3) is 0.385. The molecule has 9 heteroatoms. The lowest BCUT2D eigenvalue weighted by molar-refractivity contribution is -0.112. The second-order valence-corrected chi connectivity index (χ2v) is 14.0. The van der Waals surface area contributed by atoms with Crippen LogP contribution in [0.3, 0.4) is 0 Å². The number of rotatable bonds is 16. The van der Waals surface area contributed by atoms with E-state index in [-0.39, 0.29) is 5.91 Å². The smallest absolute Gasteiger partial charge is 0.251 e. The first-order valence-corrected chi connectivity index (χ1v) is 18.4. The van der Waals surface area contributed by atoms with Crippen molar-refractivity contribution >= 4 is 34.2 Å². The molecule has 0 radical (unpaired) electrons. The number of hydrogen-bond donors (Lipinski definition) is 1. The summed E-state index contributed by atoms with van der Waals surface area (Å²) in [7, 11) is -1.21. The molecule has 0 fully saturated rings. The van der Waals surface area contributed by atoms with Crippen molar-refractivity contribution in [3.63, 3.8) is 0 Å². The number of amides is 1. The average molecular weight is 669 g/mol. The quantitative estimate of drug-likeness (QED) is 0.122. The minimum Gasteiger partial charge on any atom is -0.491 e. The highest BCUT2D eigenvalue weighted by Gasteiger charge is 2.21. The number of carbonyl (C=O) groups excluding carboxylic acids is 1. The number of nitrogens with one attached hydrogen (secondary N) is 1. The summed E-state index contributed by atoms with van der Waals surface area (Å²) >= 11 is 0. The lowest BCUT2D eigenvalue weighted by Crippen LogP contribution is -2.29. The van der Waals surface area contributed by atoms with E-state index in [0.29, 0.717) is 41.9 Å². The van der Waals surface area contributed by atoms with Crippen molar-refractivity contribution in [3.05, 3.63) is 96.1 Å². The van der Waals surface area contributed by atoms with Crippen LogP contribution in [0, 0.1) is 5.92 Å². The van der Waals surface area contributed by atoms with Crippen LogP contribution in [0.4, 0.5) is 11.4 Å². The molecule has 5 rings (SSSR count). The van der Waals surface area contributed by atoms with Crippen LogP contribution < -0.4 is 15.0 Å². The third kappa shape index (κ3) is 9.45. The molecule has 1 N–H and O–H groups in total. The van der Waals surface area contributed by atoms with Gasteiger partial charge in [0, 0.05) is 54.3 Å². The Bertz CT molecular complexity index is 1700. The van der Waals surface area contributed by atoms with Gasteiger partial charge < -0.3 is 24.3 Å². The molecule has 48 heavy (non-hydrogen) atoms. The molecule has 254 valence electrons. The van der Waals surface area contributed by atoms with E-state index in [9.17, 15) is 9.00 Å². The summed E-state index contributed by atoms with van der Waals surface area (Å²) in [6.07, 6.45) is 8.38. The van der Waals surface area contributed by atoms with E-state index >= 15 is 0 Å². The molecule has 0 bridgehead atoms. The number of imidazole rings is 1. The first kappa shape index (κ1) is 35.1. The predicted octanol–water partition coefficient (Wildman–Crippen LogP) is 7.96. The van der Waals surface area contributed by atoms with Crippen LogP contribution in [-0.2, 0) is 32.6 Å². The first-order valence-electron chi connectivity index (χ1n) is 17.0. The number of aryl methyl sites for hydroxylation is 1. The Kier molecular flexibility index (Phi) is 12.6. The number of nitrogens with zero attached hydrogens (tertiary/aromatic N) is 3. The SMILES string of the molecule is CCCCOCCOc1ccc(-c2ccc3c(c2)C=C(C(=O)Nc2ccc(S(=O)Cc4cncn4CC)cc2)CCN3CC(C)C)cc1. The largest absolute Gasteiger partial charge is 0.491 e. The summed E-state index contributed by atoms with van der Waals surface area (Å²) in [5, 5.41) is 3.08. The molecule has 1 aliphatic rings. The van der Waals surface area contributed by atoms with Crippen LogP contribution in [0.15, 0.2) is 89.7 Å². The van der Waals surface area contributed by atoms with Gasteiger partial charge in [0.05, 0.1) is 35.2 Å². The molecule has 1 unspecified atom stereocenters. The lowest BCUT2D eigenvalue weighted by Gasteiger charge is -2.27. The van der Waals surface area contributed by atoms with E-state index in [1.165, 1.54) is 0 Å². The molecule has 0 aliphatic carbocycles. The number of unbranched alkanes of at least 4 members (excludes halogenated alkanes) is 1. The van der Waals surface area contributed by atoms with Gasteiger partial charge in [-0.1, -0.05) is 45.4 Å². The Labute approximate surface area is 287 Å². The van der Waals surface area contributed by atoms with E-state index in [4.69, 9.17) is 9.47 Å². The van der Waals surface area contributed by atoms with E-state index in [2.05, 4.69) is 66.3 Å². The van der Waals surface area contributed by atoms with Crippen molar-refractivity contribution in [2.24, 2.45) is 5.92 Å². The summed E-state index contributed by atoms with van der Waals surface area (Å²) in [6.45, 7) is 13.0. The fourth-order valence-corrected chi connectivity index (χ4v) is 6.88. The van der Waals surface area contributed by atoms with Crippen molar-refractivity contribution in [2.45, 2.75) is 64.2 Å². The monoisotopic (exact) mass is 668 g/mol. The van der Waals surface area contributed by atoms with Crippen molar-refractivity contribution in [1.82, 2.24) is 9.55 Å². The van der Waals surface area contributed by atoms with E-state index < -0.39 is 10.8 Å². The van der Waals surface area contributed by atoms with Gasteiger partial charge in [0.2, 0.25) is 0 Å². The highest BCUT2D eigenvalue weighted by molar-refractivity contribution is 7.84. The van der Waals surface area contributed by atoms with E-state index in [1.807, 2.05) is 54.0 Å². The molecule has 0 saturated heterocycles. The summed E-state index contributed by atoms with van der Waals surface area (Å²) in [6, 6.07) is 21.9. The third-order valence-corrected chi connectivity index (χ3v) is 9.70. The van der Waals surface area contributed by atoms with Crippen LogP contribution >= 0.6 is 0 Å². The maximum Gasteiger partial charge on any atom is 0.251 e. The first-order chi connectivity index (χ1) is 23.3. The fourth-order valence-electron chi connectivity index (χ4n) is 5.77. The van der Waals surface area contributed by atoms with Gasteiger partial charge in [-0.05, 0) is 97.0 Å². The Morgan fingerprint density at radius 3 is 2.48 bits per heavy atom. The standard InChI is InChI=1S/C39H48N4O4S/c1-5-7-20-46-21-22-47-36-13-8-30(9-14-36)31-10-17-38-33(23-31)24-32(18-19-43(38)26-29(3)4)39(44)41-34-11-15-37(16-12-34)48(45)27-35-25-40-28-42(35)6-2/h8-17,23-25,28-29H,5-7,18-22,26-27H2,1-4H3,(H,41,44). The number of ether oxygens (including phenoxy) is 2. The van der Waals surface area contributed by atoms with E-state index in [0.717, 1.165) is 78.5 Å². The summed E-state index contributed by atoms with van der Waals surface area (Å²) in [5.41, 5.74) is 6.66. The van der Waals surface area contributed by atoms with Crippen molar-refractivity contribution < 1.29 is 18.5 Å². The number of hydrogen-bond acceptors (Lipinski definition) is 6. The highest BCUT2D eigenvalue weighted by atomic mass is 32.2. The summed E-state index contributed by atoms with van der Waals surface area (Å²) in [4.78, 5) is 20.9. The van der Waals surface area contributed by atoms with E-state index in [1.54, 1.807) is 12.5 Å². The van der Waals surface area contributed by atoms with Crippen molar-refractivity contribution in [1.29, 1.82) is 0 Å². The molecule has 0 saturated carbocycles. The van der Waals surface area contributed by atoms with Crippen LogP contribution in [0.25, 0.3) is 17.2 Å². The Balaban J connectivity index is 1.28. The van der Waals surface area contributed by atoms with Crippen LogP contribution in [0.5, 0.6) is 5.75 Å². The van der Waals surface area contributed by atoms with Gasteiger partial charge in [-0.15, -0.1) is 0 Å². The normalized spacial score (nSPS) is 13.5. The minimum atomic E-state index is -1.21. The van der Waals surface area contributed by atoms with Crippen molar-refractivity contribution in [2.75, 3.05) is 43.1 Å². The second kappa shape index (κ2) is 17.3. The average Bonchev–Trinajstić information content (AvgIpc) is 3.46. The lowest BCUT2D eigenvalue weighted by atomic mass is 10.00. The maximum absolute atomic E-state index is 13.6. The van der Waals surface area contributed by atoms with Gasteiger partial charge in [-0.2, -0.15) is 0 Å². The predicted molar refractivity (Wildman–Crippen MR) is 196 cm³/mol. The van der Waals surface area contributed by atoms with Crippen LogP contribution in [0.1, 0.15) is 58.2 Å². The summed E-state index contributed by atoms with van der Waals surface area (Å²) in [5.74, 6) is 1.56. The zero-order valence-corrected chi connectivity index (χ0v) is 29.4. The molecule has 1 aromatic heterocycles. The van der Waals surface area contributed by atoms with Gasteiger partial charge in [0.15, 0.2) is 0 Å². The maximum atomic E-state index is 13.6. The van der Waals surface area contributed by atoms with Gasteiger partial charge in [-0.25, -0.2) is 4.98 Å².